The number of phosphoric acid groups is 1. The van der Waals surface area contributed by atoms with Crippen LogP contribution in [0.3, 0.4) is 0 Å². The van der Waals surface area contributed by atoms with E-state index in [-0.39, 0.29) is 19.0 Å². The van der Waals surface area contributed by atoms with Crippen molar-refractivity contribution in [3.05, 3.63) is 47.2 Å². The average molecular weight is 530 g/mol. The van der Waals surface area contributed by atoms with E-state index in [1.54, 1.807) is 32.2 Å². The minimum atomic E-state index is -4.89. The number of amides is 1. The van der Waals surface area contributed by atoms with Crippen molar-refractivity contribution >= 4 is 24.6 Å². The monoisotopic (exact) mass is 530 g/mol. The molecule has 4 rings (SSSR count). The van der Waals surface area contributed by atoms with Crippen molar-refractivity contribution in [2.24, 2.45) is 7.05 Å². The highest BCUT2D eigenvalue weighted by Gasteiger charge is 2.55. The fraction of sp³-hybridized carbons (Fsp3) is 0.400. The first kappa shape index (κ1) is 27.3. The summed E-state index contributed by atoms with van der Waals surface area (Å²) in [6.07, 6.45) is -3.64. The molecule has 0 fully saturated rings. The van der Waals surface area contributed by atoms with E-state index in [4.69, 9.17) is 24.5 Å². The number of nitrogens with zero attached hydrogens (tertiary/aromatic N) is 6. The second kappa shape index (κ2) is 9.30. The number of hydrogen-bond acceptors (Lipinski definition) is 6. The molecule has 0 radical (unpaired) electrons. The molecule has 1 aromatic carbocycles. The van der Waals surface area contributed by atoms with Gasteiger partial charge in [0.05, 0.1) is 41.6 Å². The van der Waals surface area contributed by atoms with Crippen LogP contribution in [0.15, 0.2) is 24.4 Å². The normalized spacial score (nSPS) is 17.6. The smallest absolute Gasteiger partial charge is 0.374 e. The van der Waals surface area contributed by atoms with Crippen molar-refractivity contribution in [3.63, 3.8) is 0 Å². The number of hydrogen-bond donors (Lipinski definition) is 4. The van der Waals surface area contributed by atoms with Crippen LogP contribution in [0.5, 0.6) is 0 Å². The number of carbonyl (C=O) groups excluding carboxylic acids is 1. The Bertz CT molecular complexity index is 1400. The molecule has 1 unspecified atom stereocenters. The molecule has 36 heavy (non-hydrogen) atoms. The van der Waals surface area contributed by atoms with Crippen molar-refractivity contribution in [1.29, 1.82) is 5.26 Å². The van der Waals surface area contributed by atoms with Crippen LogP contribution < -0.4 is 0 Å². The molecule has 194 valence electrons. The lowest BCUT2D eigenvalue weighted by atomic mass is 10.0. The van der Waals surface area contributed by atoms with Gasteiger partial charge in [0.15, 0.2) is 5.82 Å². The van der Waals surface area contributed by atoms with Crippen molar-refractivity contribution < 1.29 is 42.3 Å². The van der Waals surface area contributed by atoms with Crippen LogP contribution in [0, 0.1) is 11.3 Å². The van der Waals surface area contributed by atoms with Gasteiger partial charge in [-0.25, -0.2) is 9.55 Å². The van der Waals surface area contributed by atoms with Crippen molar-refractivity contribution in [2.75, 3.05) is 6.54 Å². The summed E-state index contributed by atoms with van der Waals surface area (Å²) in [7, 11) is -3.02. The minimum absolute atomic E-state index is 0.0348. The van der Waals surface area contributed by atoms with E-state index in [0.717, 1.165) is 0 Å². The number of carbonyl (C=O) groups is 1. The van der Waals surface area contributed by atoms with Crippen LogP contribution in [-0.2, 0) is 23.8 Å². The van der Waals surface area contributed by atoms with E-state index >= 15 is 0 Å². The van der Waals surface area contributed by atoms with Gasteiger partial charge in [-0.1, -0.05) is 0 Å². The minimum Gasteiger partial charge on any atom is -0.374 e. The van der Waals surface area contributed by atoms with Crippen LogP contribution in [0.4, 0.5) is 13.2 Å². The molecule has 0 aliphatic carbocycles. The van der Waals surface area contributed by atoms with Gasteiger partial charge in [-0.15, -0.1) is 0 Å². The number of imidazole rings is 1. The highest BCUT2D eigenvalue weighted by molar-refractivity contribution is 7.45. The van der Waals surface area contributed by atoms with Crippen LogP contribution in [0.1, 0.15) is 47.5 Å². The van der Waals surface area contributed by atoms with E-state index in [0.29, 0.717) is 34.8 Å². The van der Waals surface area contributed by atoms with Crippen LogP contribution in [-0.4, -0.2) is 62.6 Å². The third-order valence-corrected chi connectivity index (χ3v) is 5.59. The second-order valence-electron chi connectivity index (χ2n) is 8.38. The SMILES string of the molecule is C[C@H]1CN(C(=O)c2c3ccc(C#N)cc3nn2C)Cc2cnc(C(C)(O)C(F)(F)F)n21.O=P(O)(O)O. The van der Waals surface area contributed by atoms with E-state index in [9.17, 15) is 23.1 Å². The number of nitriles is 1. The number of aromatic nitrogens is 4. The molecule has 0 spiro atoms. The topological polar surface area (TPSA) is 178 Å². The Labute approximate surface area is 202 Å². The molecule has 1 amide bonds. The number of alkyl halides is 3. The maximum atomic E-state index is 13.3. The quantitative estimate of drug-likeness (QED) is 0.359. The fourth-order valence-electron chi connectivity index (χ4n) is 3.98. The van der Waals surface area contributed by atoms with Crippen molar-refractivity contribution in [3.8, 4) is 6.07 Å². The summed E-state index contributed by atoms with van der Waals surface area (Å²) < 4.78 is 51.7. The molecule has 0 saturated carbocycles. The molecule has 2 aromatic heterocycles. The van der Waals surface area contributed by atoms with Gasteiger partial charge in [0, 0.05) is 19.0 Å². The number of aryl methyl sites for hydroxylation is 1. The maximum absolute atomic E-state index is 13.3. The molecule has 4 N–H and O–H groups in total. The van der Waals surface area contributed by atoms with Crippen molar-refractivity contribution in [1.82, 2.24) is 24.2 Å². The Hall–Kier alpha value is -3.28. The number of rotatable bonds is 2. The van der Waals surface area contributed by atoms with Gasteiger partial charge in [-0.05, 0) is 32.0 Å². The number of benzene rings is 1. The van der Waals surface area contributed by atoms with Gasteiger partial charge >= 0.3 is 14.0 Å². The summed E-state index contributed by atoms with van der Waals surface area (Å²) in [5, 5.41) is 24.0. The molecule has 1 aliphatic rings. The first-order valence-corrected chi connectivity index (χ1v) is 11.8. The molecule has 12 nitrogen and oxygen atoms in total. The lowest BCUT2D eigenvalue weighted by Gasteiger charge is -2.36. The predicted octanol–water partition coefficient (Wildman–Crippen LogP) is 1.70. The molecular weight excluding hydrogens is 508 g/mol. The summed E-state index contributed by atoms with van der Waals surface area (Å²) >= 11 is 0. The number of fused-ring (bicyclic) bond motifs is 2. The maximum Gasteiger partial charge on any atom is 0.466 e. The molecule has 3 heterocycles. The van der Waals surface area contributed by atoms with E-state index < -0.39 is 31.5 Å². The zero-order valence-corrected chi connectivity index (χ0v) is 20.1. The highest BCUT2D eigenvalue weighted by atomic mass is 31.2. The first-order valence-electron chi connectivity index (χ1n) is 10.3. The van der Waals surface area contributed by atoms with E-state index in [2.05, 4.69) is 10.1 Å². The van der Waals surface area contributed by atoms with Crippen LogP contribution in [0.2, 0.25) is 0 Å². The summed E-state index contributed by atoms with van der Waals surface area (Å²) in [5.41, 5.74) is -1.47. The molecule has 0 bridgehead atoms. The number of aliphatic hydroxyl groups is 1. The van der Waals surface area contributed by atoms with Crippen LogP contribution >= 0.6 is 7.82 Å². The standard InChI is InChI=1S/C20H19F3N6O2.H3O4P/c1-11-9-28(10-13-8-25-18(29(11)13)19(2,31)20(21,22)23)17(30)16-14-5-4-12(7-24)6-15(14)26-27(16)3;1-5(2,3)4/h4-6,8,11,31H,9-10H2,1-3H3;(H3,1,2,3,4)/t11-,19?;/m0./s1. The largest absolute Gasteiger partial charge is 0.466 e. The third-order valence-electron chi connectivity index (χ3n) is 5.59. The zero-order valence-electron chi connectivity index (χ0n) is 19.2. The van der Waals surface area contributed by atoms with Gasteiger partial charge in [0.25, 0.3) is 5.91 Å². The average Bonchev–Trinajstić information content (AvgIpc) is 3.31. The summed E-state index contributed by atoms with van der Waals surface area (Å²) in [6.45, 7) is 2.50. The fourth-order valence-corrected chi connectivity index (χ4v) is 3.98. The van der Waals surface area contributed by atoms with Gasteiger partial charge < -0.3 is 29.3 Å². The Morgan fingerprint density at radius 2 is 1.89 bits per heavy atom. The summed E-state index contributed by atoms with van der Waals surface area (Å²) in [5.74, 6) is -0.831. The Kier molecular flexibility index (Phi) is 7.06. The molecule has 2 atom stereocenters. The Balaban J connectivity index is 0.000000658. The van der Waals surface area contributed by atoms with E-state index in [1.165, 1.54) is 20.3 Å². The second-order valence-corrected chi connectivity index (χ2v) is 9.40. The lowest BCUT2D eigenvalue weighted by molar-refractivity contribution is -0.263. The summed E-state index contributed by atoms with van der Waals surface area (Å²) in [6, 6.07) is 6.33. The third kappa shape index (κ3) is 5.28. The highest BCUT2D eigenvalue weighted by Crippen LogP contribution is 2.40. The molecule has 1 aliphatic heterocycles. The Morgan fingerprint density at radius 1 is 1.28 bits per heavy atom. The van der Waals surface area contributed by atoms with Gasteiger partial charge in [0.2, 0.25) is 5.60 Å². The molecule has 16 heteroatoms. The van der Waals surface area contributed by atoms with Crippen LogP contribution in [0.25, 0.3) is 10.9 Å². The Morgan fingerprint density at radius 3 is 2.44 bits per heavy atom. The first-order chi connectivity index (χ1) is 16.5. The summed E-state index contributed by atoms with van der Waals surface area (Å²) in [4.78, 5) is 40.2. The van der Waals surface area contributed by atoms with Gasteiger partial charge in [-0.3, -0.25) is 9.48 Å². The molecular formula is C20H22F3N6O6P. The molecule has 0 saturated heterocycles. The molecule has 3 aromatic rings. The van der Waals surface area contributed by atoms with E-state index in [1.807, 2.05) is 6.07 Å². The van der Waals surface area contributed by atoms with Gasteiger partial charge in [0.1, 0.15) is 5.69 Å². The lowest BCUT2D eigenvalue weighted by Crippen LogP contribution is -2.46. The van der Waals surface area contributed by atoms with Crippen molar-refractivity contribution in [2.45, 2.75) is 38.2 Å². The number of halogens is 3. The zero-order chi connectivity index (χ0) is 27.2. The predicted molar refractivity (Wildman–Crippen MR) is 117 cm³/mol. The van der Waals surface area contributed by atoms with Gasteiger partial charge in [-0.2, -0.15) is 23.5 Å².